The van der Waals surface area contributed by atoms with E-state index in [1.54, 1.807) is 18.2 Å². The summed E-state index contributed by atoms with van der Waals surface area (Å²) in [6.45, 7) is 1.24. The Morgan fingerprint density at radius 1 is 1.47 bits per heavy atom. The van der Waals surface area contributed by atoms with Crippen LogP contribution in [0.15, 0.2) is 18.2 Å². The molecule has 0 bridgehead atoms. The molecule has 0 fully saturated rings. The van der Waals surface area contributed by atoms with Gasteiger partial charge in [0.15, 0.2) is 5.78 Å². The van der Waals surface area contributed by atoms with Gasteiger partial charge in [-0.15, -0.1) is 0 Å². The number of ketones is 1. The number of carbonyl (C=O) groups excluding carboxylic acids is 1. The van der Waals surface area contributed by atoms with Crippen molar-refractivity contribution in [1.82, 2.24) is 0 Å². The Bertz CT molecular complexity index is 402. The summed E-state index contributed by atoms with van der Waals surface area (Å²) in [7, 11) is 0. The van der Waals surface area contributed by atoms with E-state index in [2.05, 4.69) is 5.32 Å². The summed E-state index contributed by atoms with van der Waals surface area (Å²) < 4.78 is 0. The highest BCUT2D eigenvalue weighted by Gasteiger charge is 2.05. The molecule has 0 amide bonds. The molecule has 0 aliphatic rings. The van der Waals surface area contributed by atoms with E-state index >= 15 is 0 Å². The first kappa shape index (κ1) is 11.0. The van der Waals surface area contributed by atoms with E-state index in [1.165, 1.54) is 6.92 Å². The molecule has 5 nitrogen and oxygen atoms in total. The van der Waals surface area contributed by atoms with Crippen molar-refractivity contribution in [3.8, 4) is 0 Å². The Labute approximate surface area is 86.9 Å². The topological polar surface area (TPSA) is 92.4 Å². The summed E-state index contributed by atoms with van der Waals surface area (Å²) in [6.07, 6.45) is 0. The maximum absolute atomic E-state index is 11.0. The zero-order chi connectivity index (χ0) is 11.4. The van der Waals surface area contributed by atoms with Gasteiger partial charge in [0.05, 0.1) is 0 Å². The number of aliphatic carboxylic acids is 1. The number of carboxylic acids is 1. The minimum atomic E-state index is -0.954. The van der Waals surface area contributed by atoms with Crippen molar-refractivity contribution in [3.05, 3.63) is 23.8 Å². The van der Waals surface area contributed by atoms with Crippen LogP contribution < -0.4 is 11.1 Å². The number of nitrogens with two attached hydrogens (primary N) is 1. The van der Waals surface area contributed by atoms with E-state index in [0.29, 0.717) is 16.9 Å². The lowest BCUT2D eigenvalue weighted by Gasteiger charge is -2.06. The average molecular weight is 208 g/mol. The molecule has 1 aromatic rings. The number of Topliss-reactive ketones (excluding diaryl/α,β-unsaturated/α-hetero) is 1. The molecule has 0 atom stereocenters. The number of benzene rings is 1. The van der Waals surface area contributed by atoms with E-state index < -0.39 is 5.97 Å². The molecule has 1 aromatic carbocycles. The van der Waals surface area contributed by atoms with Crippen LogP contribution in [-0.2, 0) is 4.79 Å². The molecule has 80 valence electrons. The maximum Gasteiger partial charge on any atom is 0.322 e. The van der Waals surface area contributed by atoms with Crippen LogP contribution >= 0.6 is 0 Å². The summed E-state index contributed by atoms with van der Waals surface area (Å²) in [5.74, 6) is -1.07. The molecule has 0 aromatic heterocycles. The van der Waals surface area contributed by atoms with Crippen LogP contribution in [0.2, 0.25) is 0 Å². The number of carbonyl (C=O) groups is 2. The molecule has 15 heavy (non-hydrogen) atoms. The molecule has 0 heterocycles. The van der Waals surface area contributed by atoms with Crippen LogP contribution in [0.1, 0.15) is 17.3 Å². The highest BCUT2D eigenvalue weighted by Crippen LogP contribution is 2.18. The fraction of sp³-hybridized carbons (Fsp3) is 0.200. The highest BCUT2D eigenvalue weighted by molar-refractivity contribution is 5.99. The van der Waals surface area contributed by atoms with Gasteiger partial charge >= 0.3 is 5.97 Å². The lowest BCUT2D eigenvalue weighted by molar-refractivity contribution is -0.134. The fourth-order valence-corrected chi connectivity index (χ4v) is 1.17. The molecule has 5 heteroatoms. The van der Waals surface area contributed by atoms with Crippen molar-refractivity contribution in [2.45, 2.75) is 6.92 Å². The number of nitrogens with one attached hydrogen (secondary N) is 1. The van der Waals surface area contributed by atoms with Crippen LogP contribution in [0.3, 0.4) is 0 Å². The van der Waals surface area contributed by atoms with Gasteiger partial charge in [-0.2, -0.15) is 0 Å². The van der Waals surface area contributed by atoms with Crippen molar-refractivity contribution >= 4 is 23.1 Å². The second-order valence-corrected chi connectivity index (χ2v) is 3.11. The molecule has 0 unspecified atom stereocenters. The Kier molecular flexibility index (Phi) is 3.28. The lowest BCUT2D eigenvalue weighted by atomic mass is 10.1. The van der Waals surface area contributed by atoms with Gasteiger partial charge in [0, 0.05) is 16.9 Å². The van der Waals surface area contributed by atoms with Gasteiger partial charge in [-0.05, 0) is 25.1 Å². The summed E-state index contributed by atoms with van der Waals surface area (Å²) >= 11 is 0. The average Bonchev–Trinajstić information content (AvgIpc) is 2.14. The standard InChI is InChI=1S/C10H12N2O3/c1-6(13)8-3-2-7(4-9(8)11)12-5-10(14)15/h2-4,12H,5,11H2,1H3,(H,14,15). The Morgan fingerprint density at radius 3 is 2.60 bits per heavy atom. The summed E-state index contributed by atoms with van der Waals surface area (Å²) in [5.41, 5.74) is 6.99. The summed E-state index contributed by atoms with van der Waals surface area (Å²) in [6, 6.07) is 4.73. The van der Waals surface area contributed by atoms with Crippen molar-refractivity contribution in [3.63, 3.8) is 0 Å². The van der Waals surface area contributed by atoms with E-state index in [9.17, 15) is 9.59 Å². The molecule has 0 saturated carbocycles. The molecule has 0 aliphatic heterocycles. The minimum Gasteiger partial charge on any atom is -0.480 e. The van der Waals surface area contributed by atoms with Crippen LogP contribution in [-0.4, -0.2) is 23.4 Å². The van der Waals surface area contributed by atoms with Gasteiger partial charge in [-0.1, -0.05) is 0 Å². The predicted molar refractivity (Wildman–Crippen MR) is 57.0 cm³/mol. The van der Waals surface area contributed by atoms with Crippen LogP contribution in [0.25, 0.3) is 0 Å². The van der Waals surface area contributed by atoms with Gasteiger partial charge in [-0.25, -0.2) is 0 Å². The number of anilines is 2. The Hall–Kier alpha value is -2.04. The fourth-order valence-electron chi connectivity index (χ4n) is 1.17. The number of hydrogen-bond acceptors (Lipinski definition) is 4. The molecule has 0 spiro atoms. The predicted octanol–water partition coefficient (Wildman–Crippen LogP) is 0.968. The third kappa shape index (κ3) is 2.98. The van der Waals surface area contributed by atoms with E-state index in [0.717, 1.165) is 0 Å². The smallest absolute Gasteiger partial charge is 0.322 e. The first-order valence-electron chi connectivity index (χ1n) is 4.37. The highest BCUT2D eigenvalue weighted by atomic mass is 16.4. The Morgan fingerprint density at radius 2 is 2.13 bits per heavy atom. The SMILES string of the molecule is CC(=O)c1ccc(NCC(=O)O)cc1N. The van der Waals surface area contributed by atoms with Gasteiger partial charge in [-0.3, -0.25) is 9.59 Å². The van der Waals surface area contributed by atoms with Gasteiger partial charge in [0.25, 0.3) is 0 Å². The van der Waals surface area contributed by atoms with E-state index in [1.807, 2.05) is 0 Å². The van der Waals surface area contributed by atoms with Crippen molar-refractivity contribution in [2.75, 3.05) is 17.6 Å². The minimum absolute atomic E-state index is 0.114. The number of nitrogen functional groups attached to an aromatic ring is 1. The third-order valence-electron chi connectivity index (χ3n) is 1.87. The molecular weight excluding hydrogens is 196 g/mol. The molecule has 0 aliphatic carbocycles. The molecule has 0 saturated heterocycles. The molecule has 0 radical (unpaired) electrons. The zero-order valence-corrected chi connectivity index (χ0v) is 8.28. The quantitative estimate of drug-likeness (QED) is 0.506. The van der Waals surface area contributed by atoms with Crippen molar-refractivity contribution in [1.29, 1.82) is 0 Å². The van der Waals surface area contributed by atoms with E-state index in [4.69, 9.17) is 10.8 Å². The third-order valence-corrected chi connectivity index (χ3v) is 1.87. The van der Waals surface area contributed by atoms with Crippen LogP contribution in [0.4, 0.5) is 11.4 Å². The van der Waals surface area contributed by atoms with Crippen molar-refractivity contribution in [2.24, 2.45) is 0 Å². The molecule has 4 N–H and O–H groups in total. The first-order valence-corrected chi connectivity index (χ1v) is 4.37. The van der Waals surface area contributed by atoms with Gasteiger partial charge in [0.2, 0.25) is 0 Å². The van der Waals surface area contributed by atoms with Gasteiger partial charge in [0.1, 0.15) is 6.54 Å². The number of hydrogen-bond donors (Lipinski definition) is 3. The second kappa shape index (κ2) is 4.45. The number of rotatable bonds is 4. The summed E-state index contributed by atoms with van der Waals surface area (Å²) in [4.78, 5) is 21.3. The van der Waals surface area contributed by atoms with E-state index in [-0.39, 0.29) is 12.3 Å². The molecular formula is C10H12N2O3. The second-order valence-electron chi connectivity index (χ2n) is 3.11. The number of carboxylic acid groups (broad SMARTS) is 1. The molecule has 1 rings (SSSR count). The van der Waals surface area contributed by atoms with Crippen LogP contribution in [0, 0.1) is 0 Å². The van der Waals surface area contributed by atoms with Gasteiger partial charge < -0.3 is 16.2 Å². The maximum atomic E-state index is 11.0. The normalized spacial score (nSPS) is 9.67. The monoisotopic (exact) mass is 208 g/mol. The first-order chi connectivity index (χ1) is 7.00. The summed E-state index contributed by atoms with van der Waals surface area (Å²) in [5, 5.41) is 11.1. The lowest BCUT2D eigenvalue weighted by Crippen LogP contribution is -2.12. The van der Waals surface area contributed by atoms with Crippen LogP contribution in [0.5, 0.6) is 0 Å². The Balaban J connectivity index is 2.82. The largest absolute Gasteiger partial charge is 0.480 e. The zero-order valence-electron chi connectivity index (χ0n) is 8.28. The van der Waals surface area contributed by atoms with Crippen molar-refractivity contribution < 1.29 is 14.7 Å².